The van der Waals surface area contributed by atoms with Crippen LogP contribution in [0.4, 0.5) is 0 Å². The van der Waals surface area contributed by atoms with Crippen molar-refractivity contribution in [3.63, 3.8) is 0 Å². The van der Waals surface area contributed by atoms with Gasteiger partial charge in [-0.25, -0.2) is 0 Å². The summed E-state index contributed by atoms with van der Waals surface area (Å²) in [6, 6.07) is 6.59. The summed E-state index contributed by atoms with van der Waals surface area (Å²) in [5.74, 6) is 0.641. The molecule has 7 heteroatoms. The Morgan fingerprint density at radius 3 is 2.24 bits per heavy atom. The molecule has 160 valence electrons. The fourth-order valence-corrected chi connectivity index (χ4v) is 3.72. The minimum atomic E-state index is -0.783. The molecule has 2 saturated heterocycles. The maximum absolute atomic E-state index is 9.98. The van der Waals surface area contributed by atoms with Crippen LogP contribution in [0.5, 0.6) is 5.75 Å². The zero-order valence-corrected chi connectivity index (χ0v) is 17.3. The Bertz CT molecular complexity index is 690. The molecule has 4 unspecified atom stereocenters. The molecule has 3 N–H and O–H groups in total. The molecule has 3 aliphatic heterocycles. The first kappa shape index (κ1) is 22.0. The molecule has 0 aromatic heterocycles. The Morgan fingerprint density at radius 2 is 1.72 bits per heavy atom. The Morgan fingerprint density at radius 1 is 1.10 bits per heavy atom. The number of fused-ring (bicyclic) bond motifs is 1. The second kappa shape index (κ2) is 9.88. The van der Waals surface area contributed by atoms with Gasteiger partial charge in [0.05, 0.1) is 17.7 Å². The highest BCUT2D eigenvalue weighted by atomic mass is 16.8. The van der Waals surface area contributed by atoms with E-state index in [1.807, 2.05) is 6.07 Å². The van der Waals surface area contributed by atoms with Crippen molar-refractivity contribution < 1.29 is 24.1 Å². The number of hydrogen-bond donors (Lipinski definition) is 2. The molecule has 0 spiro atoms. The third-order valence-electron chi connectivity index (χ3n) is 5.50. The van der Waals surface area contributed by atoms with Gasteiger partial charge in [0.2, 0.25) is 0 Å². The summed E-state index contributed by atoms with van der Waals surface area (Å²) in [5.41, 5.74) is 6.45. The molecule has 0 bridgehead atoms. The van der Waals surface area contributed by atoms with Gasteiger partial charge in [-0.05, 0) is 70.6 Å². The van der Waals surface area contributed by atoms with Gasteiger partial charge in [0.1, 0.15) is 17.5 Å². The van der Waals surface area contributed by atoms with Crippen molar-refractivity contribution in [1.82, 2.24) is 0 Å². The molecule has 2 fully saturated rings. The number of aliphatic hydroxyl groups excluding tert-OH is 1. The first-order chi connectivity index (χ1) is 13.9. The van der Waals surface area contributed by atoms with Gasteiger partial charge < -0.3 is 29.8 Å². The van der Waals surface area contributed by atoms with Crippen molar-refractivity contribution in [2.75, 3.05) is 13.2 Å². The van der Waals surface area contributed by atoms with Gasteiger partial charge in [-0.2, -0.15) is 5.26 Å². The van der Waals surface area contributed by atoms with Gasteiger partial charge in [-0.15, -0.1) is 0 Å². The molecular formula is C22H32N2O5. The van der Waals surface area contributed by atoms with Crippen molar-refractivity contribution in [3.05, 3.63) is 29.3 Å². The molecule has 29 heavy (non-hydrogen) atoms. The van der Waals surface area contributed by atoms with Gasteiger partial charge in [-0.3, -0.25) is 0 Å². The molecule has 4 rings (SSSR count). The van der Waals surface area contributed by atoms with Crippen LogP contribution in [0.15, 0.2) is 18.2 Å². The number of nitrogens with zero attached hydrogens (tertiary/aromatic N) is 1. The number of hydrogen-bond acceptors (Lipinski definition) is 7. The number of nitrogens with two attached hydrogens (primary N) is 1. The lowest BCUT2D eigenvalue weighted by Crippen LogP contribution is -2.51. The number of ether oxygens (including phenoxy) is 4. The van der Waals surface area contributed by atoms with Crippen LogP contribution in [0.25, 0.3) is 0 Å². The largest absolute Gasteiger partial charge is 0.485 e. The average Bonchev–Trinajstić information content (AvgIpc) is 2.74. The molecule has 4 atom stereocenters. The van der Waals surface area contributed by atoms with Crippen LogP contribution in [0.2, 0.25) is 0 Å². The summed E-state index contributed by atoms with van der Waals surface area (Å²) in [7, 11) is 0. The molecule has 1 aromatic carbocycles. The van der Waals surface area contributed by atoms with Crippen LogP contribution in [-0.2, 0) is 14.2 Å². The Kier molecular flexibility index (Phi) is 7.49. The number of nitriles is 1. The maximum atomic E-state index is 9.98. The molecular weight excluding hydrogens is 372 g/mol. The molecule has 7 nitrogen and oxygen atoms in total. The smallest absolute Gasteiger partial charge is 0.160 e. The summed E-state index contributed by atoms with van der Waals surface area (Å²) in [5, 5.41) is 18.8. The van der Waals surface area contributed by atoms with E-state index >= 15 is 0 Å². The Hall–Kier alpha value is -1.69. The fourth-order valence-electron chi connectivity index (χ4n) is 3.72. The summed E-state index contributed by atoms with van der Waals surface area (Å²) in [6.07, 6.45) is 6.05. The van der Waals surface area contributed by atoms with E-state index in [1.54, 1.807) is 32.0 Å². The lowest BCUT2D eigenvalue weighted by atomic mass is 9.86. The van der Waals surface area contributed by atoms with Gasteiger partial charge in [-0.1, -0.05) is 0 Å². The van der Waals surface area contributed by atoms with Crippen LogP contribution in [0, 0.1) is 11.3 Å². The van der Waals surface area contributed by atoms with Crippen LogP contribution in [-0.4, -0.2) is 42.6 Å². The fraction of sp³-hybridized carbons (Fsp3) is 0.682. The predicted octanol–water partition coefficient (Wildman–Crippen LogP) is 3.15. The SMILES string of the molecule is C1CCC(OC2CCCCO2)OC1.CC1(C)Oc2ccc(C#N)cc2C(N)C1O. The van der Waals surface area contributed by atoms with Gasteiger partial charge >= 0.3 is 0 Å². The van der Waals surface area contributed by atoms with Crippen molar-refractivity contribution in [3.8, 4) is 11.8 Å². The zero-order chi connectivity index (χ0) is 20.9. The minimum absolute atomic E-state index is 0.00292. The average molecular weight is 405 g/mol. The first-order valence-electron chi connectivity index (χ1n) is 10.5. The normalized spacial score (nSPS) is 30.7. The number of rotatable bonds is 2. The van der Waals surface area contributed by atoms with Crippen LogP contribution in [0.3, 0.4) is 0 Å². The molecule has 3 heterocycles. The third kappa shape index (κ3) is 5.68. The molecule has 0 aliphatic carbocycles. The number of aliphatic hydroxyl groups is 1. The van der Waals surface area contributed by atoms with E-state index in [2.05, 4.69) is 0 Å². The topological polar surface area (TPSA) is 107 Å². The van der Waals surface area contributed by atoms with Crippen molar-refractivity contribution in [2.45, 2.75) is 82.7 Å². The van der Waals surface area contributed by atoms with Crippen molar-refractivity contribution in [1.29, 1.82) is 5.26 Å². The molecule has 1 aromatic rings. The molecule has 0 amide bonds. The summed E-state index contributed by atoms with van der Waals surface area (Å²) in [4.78, 5) is 0. The molecule has 3 aliphatic rings. The van der Waals surface area contributed by atoms with Gasteiger partial charge in [0, 0.05) is 18.8 Å². The van der Waals surface area contributed by atoms with E-state index < -0.39 is 17.7 Å². The highest BCUT2D eigenvalue weighted by Crippen LogP contribution is 2.38. The quantitative estimate of drug-likeness (QED) is 0.780. The lowest BCUT2D eigenvalue weighted by Gasteiger charge is -2.40. The zero-order valence-electron chi connectivity index (χ0n) is 17.3. The van der Waals surface area contributed by atoms with E-state index in [0.717, 1.165) is 26.1 Å². The monoisotopic (exact) mass is 404 g/mol. The molecule has 0 saturated carbocycles. The van der Waals surface area contributed by atoms with Crippen molar-refractivity contribution >= 4 is 0 Å². The van der Waals surface area contributed by atoms with Gasteiger partial charge in [0.25, 0.3) is 0 Å². The van der Waals surface area contributed by atoms with E-state index in [9.17, 15) is 5.11 Å². The highest BCUT2D eigenvalue weighted by molar-refractivity contribution is 5.46. The first-order valence-corrected chi connectivity index (χ1v) is 10.5. The van der Waals surface area contributed by atoms with E-state index in [1.165, 1.54) is 25.7 Å². The summed E-state index contributed by atoms with van der Waals surface area (Å²) >= 11 is 0. The maximum Gasteiger partial charge on any atom is 0.160 e. The van der Waals surface area contributed by atoms with E-state index in [-0.39, 0.29) is 12.6 Å². The van der Waals surface area contributed by atoms with Crippen molar-refractivity contribution in [2.24, 2.45) is 5.73 Å². The van der Waals surface area contributed by atoms with E-state index in [0.29, 0.717) is 16.9 Å². The second-order valence-electron chi connectivity index (χ2n) is 8.27. The Labute approximate surface area is 172 Å². The lowest BCUT2D eigenvalue weighted by molar-refractivity contribution is -0.264. The van der Waals surface area contributed by atoms with Crippen LogP contribution in [0.1, 0.15) is 69.5 Å². The summed E-state index contributed by atoms with van der Waals surface area (Å²) < 4.78 is 22.3. The number of benzene rings is 1. The predicted molar refractivity (Wildman–Crippen MR) is 107 cm³/mol. The second-order valence-corrected chi connectivity index (χ2v) is 8.27. The Balaban J connectivity index is 0.000000169. The third-order valence-corrected chi connectivity index (χ3v) is 5.50. The van der Waals surface area contributed by atoms with Gasteiger partial charge in [0.15, 0.2) is 12.6 Å². The van der Waals surface area contributed by atoms with Crippen LogP contribution >= 0.6 is 0 Å². The molecule has 0 radical (unpaired) electrons. The summed E-state index contributed by atoms with van der Waals surface area (Å²) in [6.45, 7) is 5.27. The minimum Gasteiger partial charge on any atom is -0.485 e. The highest BCUT2D eigenvalue weighted by Gasteiger charge is 2.41. The van der Waals surface area contributed by atoms with E-state index in [4.69, 9.17) is 29.9 Å². The van der Waals surface area contributed by atoms with Crippen LogP contribution < -0.4 is 10.5 Å². The standard InChI is InChI=1S/C12H14N2O2.C10H18O3/c1-12(2)11(15)10(14)8-5-7(6-13)3-4-9(8)16-12;1-3-7-11-9(5-1)13-10-6-2-4-8-12-10/h3-5,10-11,15H,14H2,1-2H3;9-10H,1-8H2.